The lowest BCUT2D eigenvalue weighted by molar-refractivity contribution is -0.135. The summed E-state index contributed by atoms with van der Waals surface area (Å²) in [7, 11) is 0. The second-order valence-electron chi connectivity index (χ2n) is 5.50. The predicted octanol–water partition coefficient (Wildman–Crippen LogP) is 2.13. The van der Waals surface area contributed by atoms with Crippen LogP contribution in [0.3, 0.4) is 0 Å². The number of anilines is 1. The van der Waals surface area contributed by atoms with Gasteiger partial charge in [0, 0.05) is 31.9 Å². The van der Waals surface area contributed by atoms with Gasteiger partial charge in [-0.1, -0.05) is 32.0 Å². The van der Waals surface area contributed by atoms with E-state index >= 15 is 0 Å². The van der Waals surface area contributed by atoms with Gasteiger partial charge in [0.1, 0.15) is 5.92 Å². The van der Waals surface area contributed by atoms with E-state index in [1.54, 1.807) is 0 Å². The highest BCUT2D eigenvalue weighted by Crippen LogP contribution is 2.18. The van der Waals surface area contributed by atoms with Gasteiger partial charge in [0.05, 0.1) is 6.07 Å². The molecule has 4 nitrogen and oxygen atoms in total. The third-order valence-electron chi connectivity index (χ3n) is 3.78. The van der Waals surface area contributed by atoms with Gasteiger partial charge in [-0.2, -0.15) is 5.26 Å². The summed E-state index contributed by atoms with van der Waals surface area (Å²) >= 11 is 0. The number of para-hydroxylation sites is 1. The van der Waals surface area contributed by atoms with Crippen molar-refractivity contribution in [2.24, 2.45) is 11.8 Å². The molecule has 1 aromatic rings. The van der Waals surface area contributed by atoms with E-state index in [4.69, 9.17) is 5.26 Å². The van der Waals surface area contributed by atoms with Gasteiger partial charge < -0.3 is 9.80 Å². The molecule has 1 saturated heterocycles. The van der Waals surface area contributed by atoms with E-state index < -0.39 is 5.92 Å². The van der Waals surface area contributed by atoms with Crippen molar-refractivity contribution in [1.82, 2.24) is 4.90 Å². The summed E-state index contributed by atoms with van der Waals surface area (Å²) < 4.78 is 0. The molecule has 1 aliphatic heterocycles. The molecule has 1 aromatic carbocycles. The van der Waals surface area contributed by atoms with E-state index in [1.807, 2.05) is 36.9 Å². The fraction of sp³-hybridized carbons (Fsp3) is 0.500. The standard InChI is InChI=1S/C16H21N3O/c1-13(2)15(12-17)16(20)19-10-8-18(9-11-19)14-6-4-3-5-7-14/h3-7,13,15H,8-11H2,1-2H3. The molecular formula is C16H21N3O. The van der Waals surface area contributed by atoms with Crippen molar-refractivity contribution in [2.75, 3.05) is 31.1 Å². The Morgan fingerprint density at radius 2 is 1.75 bits per heavy atom. The molecule has 0 N–H and O–H groups in total. The van der Waals surface area contributed by atoms with Crippen LogP contribution in [0.1, 0.15) is 13.8 Å². The number of benzene rings is 1. The molecule has 0 saturated carbocycles. The summed E-state index contributed by atoms with van der Waals surface area (Å²) in [5.74, 6) is -0.465. The van der Waals surface area contributed by atoms with Crippen LogP contribution in [0.4, 0.5) is 5.69 Å². The Morgan fingerprint density at radius 3 is 2.25 bits per heavy atom. The Kier molecular flexibility index (Phi) is 4.62. The molecule has 1 atom stereocenters. The van der Waals surface area contributed by atoms with Crippen molar-refractivity contribution in [3.8, 4) is 6.07 Å². The fourth-order valence-corrected chi connectivity index (χ4v) is 2.51. The summed E-state index contributed by atoms with van der Waals surface area (Å²) in [5, 5.41) is 9.12. The van der Waals surface area contributed by atoms with E-state index in [0.717, 1.165) is 13.1 Å². The Hall–Kier alpha value is -2.02. The van der Waals surface area contributed by atoms with Crippen LogP contribution in [-0.2, 0) is 4.79 Å². The topological polar surface area (TPSA) is 47.3 Å². The first-order valence-corrected chi connectivity index (χ1v) is 7.12. The molecule has 1 unspecified atom stereocenters. The zero-order chi connectivity index (χ0) is 14.5. The molecule has 20 heavy (non-hydrogen) atoms. The molecular weight excluding hydrogens is 250 g/mol. The van der Waals surface area contributed by atoms with E-state index in [0.29, 0.717) is 13.1 Å². The van der Waals surface area contributed by atoms with Crippen LogP contribution >= 0.6 is 0 Å². The monoisotopic (exact) mass is 271 g/mol. The van der Waals surface area contributed by atoms with E-state index in [9.17, 15) is 4.79 Å². The largest absolute Gasteiger partial charge is 0.368 e. The maximum atomic E-state index is 12.3. The van der Waals surface area contributed by atoms with Crippen molar-refractivity contribution < 1.29 is 4.79 Å². The molecule has 2 rings (SSSR count). The number of carbonyl (C=O) groups is 1. The first-order chi connectivity index (χ1) is 9.63. The summed E-state index contributed by atoms with van der Waals surface area (Å²) in [5.41, 5.74) is 1.19. The second kappa shape index (κ2) is 6.42. The van der Waals surface area contributed by atoms with Gasteiger partial charge in [-0.3, -0.25) is 4.79 Å². The van der Waals surface area contributed by atoms with Crippen molar-refractivity contribution in [1.29, 1.82) is 5.26 Å². The number of nitrogens with zero attached hydrogens (tertiary/aromatic N) is 3. The maximum Gasteiger partial charge on any atom is 0.240 e. The average molecular weight is 271 g/mol. The lowest BCUT2D eigenvalue weighted by Gasteiger charge is -2.37. The number of piperazine rings is 1. The minimum absolute atomic E-state index is 0.0183. The Bertz CT molecular complexity index is 484. The number of hydrogen-bond donors (Lipinski definition) is 0. The molecule has 106 valence electrons. The fourth-order valence-electron chi connectivity index (χ4n) is 2.51. The molecule has 1 amide bonds. The van der Waals surface area contributed by atoms with Gasteiger partial charge in [-0.05, 0) is 18.1 Å². The third-order valence-corrected chi connectivity index (χ3v) is 3.78. The van der Waals surface area contributed by atoms with Gasteiger partial charge in [0.2, 0.25) is 5.91 Å². The number of hydrogen-bond acceptors (Lipinski definition) is 3. The van der Waals surface area contributed by atoms with Gasteiger partial charge in [0.15, 0.2) is 0 Å². The Balaban J connectivity index is 1.95. The zero-order valence-corrected chi connectivity index (χ0v) is 12.1. The summed E-state index contributed by atoms with van der Waals surface area (Å²) in [6.07, 6.45) is 0. The van der Waals surface area contributed by atoms with Crippen molar-refractivity contribution in [3.63, 3.8) is 0 Å². The van der Waals surface area contributed by atoms with Crippen LogP contribution in [0, 0.1) is 23.2 Å². The molecule has 0 bridgehead atoms. The van der Waals surface area contributed by atoms with Gasteiger partial charge in [-0.15, -0.1) is 0 Å². The maximum absolute atomic E-state index is 12.3. The first-order valence-electron chi connectivity index (χ1n) is 7.12. The first kappa shape index (κ1) is 14.4. The molecule has 0 radical (unpaired) electrons. The summed E-state index contributed by atoms with van der Waals surface area (Å²) in [6, 6.07) is 12.4. The molecule has 1 fully saturated rings. The minimum atomic E-state index is -0.515. The van der Waals surface area contributed by atoms with Crippen LogP contribution in [0.25, 0.3) is 0 Å². The Labute approximate surface area is 120 Å². The number of nitriles is 1. The van der Waals surface area contributed by atoms with Crippen LogP contribution in [-0.4, -0.2) is 37.0 Å². The molecule has 4 heteroatoms. The van der Waals surface area contributed by atoms with Crippen LogP contribution in [0.5, 0.6) is 0 Å². The number of carbonyl (C=O) groups excluding carboxylic acids is 1. The normalized spacial score (nSPS) is 16.9. The quantitative estimate of drug-likeness (QED) is 0.846. The SMILES string of the molecule is CC(C)C(C#N)C(=O)N1CCN(c2ccccc2)CC1. The average Bonchev–Trinajstić information content (AvgIpc) is 2.48. The highest BCUT2D eigenvalue weighted by atomic mass is 16.2. The van der Waals surface area contributed by atoms with Crippen molar-refractivity contribution in [3.05, 3.63) is 30.3 Å². The van der Waals surface area contributed by atoms with Crippen LogP contribution < -0.4 is 4.90 Å². The number of rotatable bonds is 3. The highest BCUT2D eigenvalue weighted by molar-refractivity contribution is 5.81. The van der Waals surface area contributed by atoms with Gasteiger partial charge >= 0.3 is 0 Å². The molecule has 1 aliphatic rings. The van der Waals surface area contributed by atoms with Gasteiger partial charge in [0.25, 0.3) is 0 Å². The lowest BCUT2D eigenvalue weighted by Crippen LogP contribution is -2.50. The summed E-state index contributed by atoms with van der Waals surface area (Å²) in [6.45, 7) is 6.88. The molecule has 0 aliphatic carbocycles. The van der Waals surface area contributed by atoms with E-state index in [-0.39, 0.29) is 11.8 Å². The van der Waals surface area contributed by atoms with Crippen molar-refractivity contribution in [2.45, 2.75) is 13.8 Å². The lowest BCUT2D eigenvalue weighted by atomic mass is 9.95. The van der Waals surface area contributed by atoms with Crippen molar-refractivity contribution >= 4 is 11.6 Å². The summed E-state index contributed by atoms with van der Waals surface area (Å²) in [4.78, 5) is 16.4. The number of amides is 1. The highest BCUT2D eigenvalue weighted by Gasteiger charge is 2.29. The molecule has 0 spiro atoms. The molecule has 0 aromatic heterocycles. The zero-order valence-electron chi connectivity index (χ0n) is 12.1. The van der Waals surface area contributed by atoms with E-state index in [2.05, 4.69) is 23.1 Å². The third kappa shape index (κ3) is 3.11. The second-order valence-corrected chi connectivity index (χ2v) is 5.50. The smallest absolute Gasteiger partial charge is 0.240 e. The van der Waals surface area contributed by atoms with Crippen LogP contribution in [0.15, 0.2) is 30.3 Å². The van der Waals surface area contributed by atoms with Gasteiger partial charge in [-0.25, -0.2) is 0 Å². The predicted molar refractivity (Wildman–Crippen MR) is 79.2 cm³/mol. The van der Waals surface area contributed by atoms with E-state index in [1.165, 1.54) is 5.69 Å². The Morgan fingerprint density at radius 1 is 1.15 bits per heavy atom. The molecule has 1 heterocycles. The minimum Gasteiger partial charge on any atom is -0.368 e. The van der Waals surface area contributed by atoms with Crippen LogP contribution in [0.2, 0.25) is 0 Å².